The van der Waals surface area contributed by atoms with Crippen LogP contribution in [-0.2, 0) is 19.1 Å². The first-order chi connectivity index (χ1) is 22.0. The van der Waals surface area contributed by atoms with Crippen LogP contribution in [0.15, 0.2) is 0 Å². The van der Waals surface area contributed by atoms with Crippen molar-refractivity contribution < 1.29 is 24.2 Å². The summed E-state index contributed by atoms with van der Waals surface area (Å²) in [5.74, 6) is -0.0536. The summed E-state index contributed by atoms with van der Waals surface area (Å²) in [5.41, 5.74) is 0. The summed E-state index contributed by atoms with van der Waals surface area (Å²) < 4.78 is 11.9. The van der Waals surface area contributed by atoms with Gasteiger partial charge in [-0.1, -0.05) is 130 Å². The number of ether oxygens (including phenoxy) is 2. The Bertz CT molecular complexity index is 556. The van der Waals surface area contributed by atoms with Crippen molar-refractivity contribution in [1.82, 2.24) is 0 Å². The minimum Gasteiger partial charge on any atom is -0.462 e. The van der Waals surface area contributed by atoms with Crippen LogP contribution in [0.2, 0.25) is 0 Å². The summed E-state index contributed by atoms with van der Waals surface area (Å²) >= 11 is 0. The van der Waals surface area contributed by atoms with E-state index in [1.807, 2.05) is 0 Å². The van der Waals surface area contributed by atoms with E-state index < -0.39 is 0 Å². The summed E-state index contributed by atoms with van der Waals surface area (Å²) in [6.07, 6.45) is 32.6. The van der Waals surface area contributed by atoms with Gasteiger partial charge in [-0.3, -0.25) is 9.59 Å². The maximum atomic E-state index is 12.7. The van der Waals surface area contributed by atoms with Gasteiger partial charge < -0.3 is 14.6 Å². The fraction of sp³-hybridized carbons (Fsp3) is 0.950. The molecule has 0 radical (unpaired) electrons. The molecule has 0 aliphatic heterocycles. The molecule has 0 spiro atoms. The number of hydrogen-bond acceptors (Lipinski definition) is 5. The van der Waals surface area contributed by atoms with Crippen LogP contribution < -0.4 is 0 Å². The lowest BCUT2D eigenvalue weighted by Crippen LogP contribution is -2.19. The van der Waals surface area contributed by atoms with Crippen LogP contribution in [-0.4, -0.2) is 35.9 Å². The van der Waals surface area contributed by atoms with Gasteiger partial charge in [0.2, 0.25) is 0 Å². The van der Waals surface area contributed by atoms with Crippen molar-refractivity contribution in [2.45, 2.75) is 233 Å². The smallest absolute Gasteiger partial charge is 0.306 e. The van der Waals surface area contributed by atoms with E-state index in [1.165, 1.54) is 103 Å². The van der Waals surface area contributed by atoms with Crippen LogP contribution in [0.1, 0.15) is 220 Å². The first-order valence-corrected chi connectivity index (χ1v) is 20.0. The molecule has 1 N–H and O–H groups in total. The van der Waals surface area contributed by atoms with Crippen molar-refractivity contribution >= 4 is 11.9 Å². The van der Waals surface area contributed by atoms with Crippen LogP contribution in [0.3, 0.4) is 0 Å². The fourth-order valence-electron chi connectivity index (χ4n) is 6.31. The minimum absolute atomic E-state index is 0.0527. The van der Waals surface area contributed by atoms with E-state index >= 15 is 0 Å². The topological polar surface area (TPSA) is 72.8 Å². The predicted molar refractivity (Wildman–Crippen MR) is 192 cm³/mol. The quantitative estimate of drug-likeness (QED) is 0.0552. The van der Waals surface area contributed by atoms with Gasteiger partial charge in [0.1, 0.15) is 12.2 Å². The first kappa shape index (κ1) is 43.9. The third-order valence-corrected chi connectivity index (χ3v) is 9.36. The van der Waals surface area contributed by atoms with E-state index in [2.05, 4.69) is 27.7 Å². The Hall–Kier alpha value is -1.10. The number of esters is 2. The standard InChI is InChI=1S/C40H78O5/c1-5-9-13-17-21-29-37(30-22-18-14-10-6-2)44-39(42)33-25-27-36(35-41)28-26-34-40(43)45-38(31-23-19-15-11-7-3)32-24-20-16-12-8-4/h36-38,41H,5-35H2,1-4H3. The summed E-state index contributed by atoms with van der Waals surface area (Å²) in [4.78, 5) is 25.4. The van der Waals surface area contributed by atoms with Gasteiger partial charge in [-0.05, 0) is 83.0 Å². The van der Waals surface area contributed by atoms with Gasteiger partial charge in [0, 0.05) is 19.4 Å². The average molecular weight is 639 g/mol. The van der Waals surface area contributed by atoms with Gasteiger partial charge >= 0.3 is 11.9 Å². The number of unbranched alkanes of at least 4 members (excludes halogenated alkanes) is 16. The normalized spacial score (nSPS) is 11.6. The molecule has 0 atom stereocenters. The van der Waals surface area contributed by atoms with Crippen LogP contribution >= 0.6 is 0 Å². The van der Waals surface area contributed by atoms with Crippen molar-refractivity contribution in [1.29, 1.82) is 0 Å². The number of carbonyl (C=O) groups excluding carboxylic acids is 2. The summed E-state index contributed by atoms with van der Waals surface area (Å²) in [5, 5.41) is 9.95. The molecule has 0 heterocycles. The third-order valence-electron chi connectivity index (χ3n) is 9.36. The van der Waals surface area contributed by atoms with Gasteiger partial charge in [-0.15, -0.1) is 0 Å². The molecule has 45 heavy (non-hydrogen) atoms. The molecule has 0 rings (SSSR count). The Kier molecular flexibility index (Phi) is 33.4. The Balaban J connectivity index is 4.46. The molecule has 0 unspecified atom stereocenters. The molecule has 0 aromatic heterocycles. The first-order valence-electron chi connectivity index (χ1n) is 20.0. The zero-order valence-electron chi connectivity index (χ0n) is 30.7. The van der Waals surface area contributed by atoms with Gasteiger partial charge in [-0.25, -0.2) is 0 Å². The van der Waals surface area contributed by atoms with Crippen molar-refractivity contribution in [2.75, 3.05) is 6.61 Å². The van der Waals surface area contributed by atoms with Crippen molar-refractivity contribution in [2.24, 2.45) is 5.92 Å². The molecular formula is C40H78O5. The zero-order chi connectivity index (χ0) is 33.2. The monoisotopic (exact) mass is 639 g/mol. The molecule has 0 fully saturated rings. The molecule has 0 bridgehead atoms. The van der Waals surface area contributed by atoms with E-state index in [0.29, 0.717) is 12.8 Å². The number of aliphatic hydroxyl groups is 1. The molecule has 5 nitrogen and oxygen atoms in total. The van der Waals surface area contributed by atoms with E-state index in [9.17, 15) is 14.7 Å². The fourth-order valence-corrected chi connectivity index (χ4v) is 6.31. The summed E-state index contributed by atoms with van der Waals surface area (Å²) in [7, 11) is 0. The highest BCUT2D eigenvalue weighted by atomic mass is 16.5. The van der Waals surface area contributed by atoms with Gasteiger partial charge in [-0.2, -0.15) is 0 Å². The number of rotatable bonds is 35. The zero-order valence-corrected chi connectivity index (χ0v) is 30.7. The van der Waals surface area contributed by atoms with Gasteiger partial charge in [0.15, 0.2) is 0 Å². The molecule has 0 amide bonds. The van der Waals surface area contributed by atoms with E-state index in [0.717, 1.165) is 77.0 Å². The third kappa shape index (κ3) is 30.0. The highest BCUT2D eigenvalue weighted by molar-refractivity contribution is 5.69. The molecule has 5 heteroatoms. The lowest BCUT2D eigenvalue weighted by molar-refractivity contribution is -0.150. The van der Waals surface area contributed by atoms with E-state index in [4.69, 9.17) is 9.47 Å². The molecule has 268 valence electrons. The molecular weight excluding hydrogens is 560 g/mol. The second-order valence-electron chi connectivity index (χ2n) is 13.9. The Labute approximate surface area is 280 Å². The molecule has 0 saturated heterocycles. The van der Waals surface area contributed by atoms with Crippen LogP contribution in [0.4, 0.5) is 0 Å². The highest BCUT2D eigenvalue weighted by Gasteiger charge is 2.17. The average Bonchev–Trinajstić information content (AvgIpc) is 3.03. The lowest BCUT2D eigenvalue weighted by Gasteiger charge is -2.19. The van der Waals surface area contributed by atoms with Crippen LogP contribution in [0.5, 0.6) is 0 Å². The second-order valence-corrected chi connectivity index (χ2v) is 13.9. The summed E-state index contributed by atoms with van der Waals surface area (Å²) in [6.45, 7) is 9.04. The van der Waals surface area contributed by atoms with Crippen molar-refractivity contribution in [3.8, 4) is 0 Å². The van der Waals surface area contributed by atoms with Crippen molar-refractivity contribution in [3.05, 3.63) is 0 Å². The number of aliphatic hydroxyl groups excluding tert-OH is 1. The highest BCUT2D eigenvalue weighted by Crippen LogP contribution is 2.21. The van der Waals surface area contributed by atoms with Gasteiger partial charge in [0.25, 0.3) is 0 Å². The molecule has 0 saturated carbocycles. The Morgan fingerprint density at radius 2 is 0.711 bits per heavy atom. The minimum atomic E-state index is -0.0854. The second kappa shape index (κ2) is 34.2. The maximum Gasteiger partial charge on any atom is 0.306 e. The number of hydrogen-bond donors (Lipinski definition) is 1. The molecule has 0 aliphatic rings. The Morgan fingerprint density at radius 1 is 0.422 bits per heavy atom. The maximum absolute atomic E-state index is 12.7. The van der Waals surface area contributed by atoms with Crippen LogP contribution in [0, 0.1) is 5.92 Å². The van der Waals surface area contributed by atoms with Gasteiger partial charge in [0.05, 0.1) is 0 Å². The van der Waals surface area contributed by atoms with Crippen molar-refractivity contribution in [3.63, 3.8) is 0 Å². The van der Waals surface area contributed by atoms with E-state index in [1.54, 1.807) is 0 Å². The Morgan fingerprint density at radius 3 is 0.978 bits per heavy atom. The van der Waals surface area contributed by atoms with Crippen LogP contribution in [0.25, 0.3) is 0 Å². The van der Waals surface area contributed by atoms with E-state index in [-0.39, 0.29) is 36.7 Å². The molecule has 0 aromatic carbocycles. The SMILES string of the molecule is CCCCCCCC(CCCCCCC)OC(=O)CCCC(CO)CCCC(=O)OC(CCCCCCC)CCCCCCC. The molecule has 0 aromatic rings. The largest absolute Gasteiger partial charge is 0.462 e. The predicted octanol–water partition coefficient (Wildman–Crippen LogP) is 12.2. The number of carbonyl (C=O) groups is 2. The lowest BCUT2D eigenvalue weighted by atomic mass is 9.96. The molecule has 0 aliphatic carbocycles. The summed E-state index contributed by atoms with van der Waals surface area (Å²) in [6, 6.07) is 0.